The summed E-state index contributed by atoms with van der Waals surface area (Å²) in [7, 11) is -3.59. The van der Waals surface area contributed by atoms with Crippen LogP contribution in [0, 0.1) is 6.92 Å². The van der Waals surface area contributed by atoms with Gasteiger partial charge >= 0.3 is 10.2 Å². The fourth-order valence-corrected chi connectivity index (χ4v) is 2.42. The first-order valence-corrected chi connectivity index (χ1v) is 5.86. The summed E-state index contributed by atoms with van der Waals surface area (Å²) in [5.74, 6) is 0.0823. The van der Waals surface area contributed by atoms with Crippen LogP contribution in [-0.2, 0) is 10.2 Å². The van der Waals surface area contributed by atoms with Crippen molar-refractivity contribution >= 4 is 16.0 Å². The third kappa shape index (κ3) is 2.00. The van der Waals surface area contributed by atoms with Crippen LogP contribution in [0.1, 0.15) is 17.2 Å². The Balaban J connectivity index is 2.35. The highest BCUT2D eigenvalue weighted by molar-refractivity contribution is 7.88. The summed E-state index contributed by atoms with van der Waals surface area (Å²) in [6.07, 6.45) is 0. The molecule has 0 spiro atoms. The van der Waals surface area contributed by atoms with Crippen LogP contribution >= 0.6 is 0 Å². The van der Waals surface area contributed by atoms with Crippen LogP contribution in [0.5, 0.6) is 0 Å². The third-order valence-electron chi connectivity index (χ3n) is 2.20. The second-order valence-electron chi connectivity index (χ2n) is 3.45. The fraction of sp³-hybridized carbons (Fsp3) is 0.222. The van der Waals surface area contributed by atoms with Gasteiger partial charge in [0.1, 0.15) is 11.9 Å². The van der Waals surface area contributed by atoms with Crippen LogP contribution in [0.2, 0.25) is 0 Å². The molecule has 0 radical (unpaired) electrons. The van der Waals surface area contributed by atoms with Crippen molar-refractivity contribution in [1.29, 1.82) is 0 Å². The van der Waals surface area contributed by atoms with E-state index in [1.165, 1.54) is 0 Å². The Labute approximate surface area is 88.2 Å². The SMILES string of the molecule is Cc1ccc([C@H]2NS(=O)(=O)N=C2N)cc1. The molecule has 5 nitrogen and oxygen atoms in total. The van der Waals surface area contributed by atoms with Crippen molar-refractivity contribution in [2.24, 2.45) is 10.1 Å². The van der Waals surface area contributed by atoms with E-state index in [9.17, 15) is 8.42 Å². The second-order valence-corrected chi connectivity index (χ2v) is 4.82. The largest absolute Gasteiger partial charge is 0.385 e. The number of aryl methyl sites for hydroxylation is 1. The molecular formula is C9H11N3O2S. The predicted octanol–water partition coefficient (Wildman–Crippen LogP) is 0.241. The van der Waals surface area contributed by atoms with E-state index in [4.69, 9.17) is 5.73 Å². The number of hydrogen-bond acceptors (Lipinski definition) is 3. The number of amidine groups is 1. The molecule has 1 aromatic carbocycles. The topological polar surface area (TPSA) is 84.5 Å². The normalized spacial score (nSPS) is 23.8. The third-order valence-corrected chi connectivity index (χ3v) is 3.18. The first kappa shape index (κ1) is 10.1. The summed E-state index contributed by atoms with van der Waals surface area (Å²) in [5, 5.41) is 0. The average Bonchev–Trinajstić information content (AvgIpc) is 2.41. The minimum Gasteiger partial charge on any atom is -0.385 e. The van der Waals surface area contributed by atoms with Gasteiger partial charge in [0.05, 0.1) is 0 Å². The molecule has 6 heteroatoms. The zero-order chi connectivity index (χ0) is 11.1. The second kappa shape index (κ2) is 3.32. The first-order valence-electron chi connectivity index (χ1n) is 4.42. The maximum absolute atomic E-state index is 11.1. The lowest BCUT2D eigenvalue weighted by Gasteiger charge is -2.09. The Bertz CT molecular complexity index is 505. The van der Waals surface area contributed by atoms with Crippen LogP contribution < -0.4 is 10.5 Å². The molecule has 0 aromatic heterocycles. The van der Waals surface area contributed by atoms with E-state index < -0.39 is 16.3 Å². The fourth-order valence-electron chi connectivity index (χ4n) is 1.42. The zero-order valence-corrected chi connectivity index (χ0v) is 8.95. The average molecular weight is 225 g/mol. The summed E-state index contributed by atoms with van der Waals surface area (Å²) in [6.45, 7) is 1.96. The smallest absolute Gasteiger partial charge is 0.322 e. The van der Waals surface area contributed by atoms with E-state index in [1.807, 2.05) is 31.2 Å². The lowest BCUT2D eigenvalue weighted by Crippen LogP contribution is -2.28. The van der Waals surface area contributed by atoms with Gasteiger partial charge < -0.3 is 5.73 Å². The minimum atomic E-state index is -3.59. The van der Waals surface area contributed by atoms with Crippen LogP contribution in [0.3, 0.4) is 0 Å². The predicted molar refractivity (Wildman–Crippen MR) is 57.6 cm³/mol. The van der Waals surface area contributed by atoms with Crippen molar-refractivity contribution in [3.05, 3.63) is 35.4 Å². The van der Waals surface area contributed by atoms with E-state index in [1.54, 1.807) is 0 Å². The Morgan fingerprint density at radius 1 is 1.33 bits per heavy atom. The number of nitrogens with zero attached hydrogens (tertiary/aromatic N) is 1. The molecule has 0 fully saturated rings. The molecule has 15 heavy (non-hydrogen) atoms. The molecule has 0 saturated heterocycles. The Hall–Kier alpha value is -1.40. The van der Waals surface area contributed by atoms with Gasteiger partial charge in [0, 0.05) is 0 Å². The monoisotopic (exact) mass is 225 g/mol. The van der Waals surface area contributed by atoms with Crippen molar-refractivity contribution in [2.75, 3.05) is 0 Å². The maximum atomic E-state index is 11.1. The minimum absolute atomic E-state index is 0.0823. The molecule has 1 atom stereocenters. The van der Waals surface area contributed by atoms with Crippen LogP contribution in [0.25, 0.3) is 0 Å². The van der Waals surface area contributed by atoms with E-state index >= 15 is 0 Å². The summed E-state index contributed by atoms with van der Waals surface area (Å²) < 4.78 is 27.9. The lowest BCUT2D eigenvalue weighted by atomic mass is 10.1. The standard InChI is InChI=1S/C9H11N3O2S/c1-6-2-4-7(5-3-6)8-9(10)12-15(13,14)11-8/h2-5,8,11H,1H3,(H2,10,12)/t8-/m1/s1. The highest BCUT2D eigenvalue weighted by Gasteiger charge is 2.29. The number of nitrogens with two attached hydrogens (primary N) is 1. The van der Waals surface area contributed by atoms with Gasteiger partial charge in [0.25, 0.3) is 0 Å². The molecule has 0 bridgehead atoms. The molecule has 0 aliphatic carbocycles. The number of nitrogens with one attached hydrogen (secondary N) is 1. The molecule has 3 N–H and O–H groups in total. The van der Waals surface area contributed by atoms with Crippen molar-refractivity contribution in [1.82, 2.24) is 4.72 Å². The van der Waals surface area contributed by atoms with Crippen molar-refractivity contribution in [3.8, 4) is 0 Å². The highest BCUT2D eigenvalue weighted by atomic mass is 32.2. The van der Waals surface area contributed by atoms with Gasteiger partial charge in [0.2, 0.25) is 0 Å². The molecule has 1 aliphatic rings. The van der Waals surface area contributed by atoms with E-state index in [-0.39, 0.29) is 5.84 Å². The van der Waals surface area contributed by atoms with Crippen LogP contribution in [-0.4, -0.2) is 14.3 Å². The van der Waals surface area contributed by atoms with Gasteiger partial charge in [-0.1, -0.05) is 29.8 Å². The van der Waals surface area contributed by atoms with Gasteiger partial charge in [-0.3, -0.25) is 0 Å². The highest BCUT2D eigenvalue weighted by Crippen LogP contribution is 2.19. The molecular weight excluding hydrogens is 214 g/mol. The lowest BCUT2D eigenvalue weighted by molar-refractivity contribution is 0.585. The van der Waals surface area contributed by atoms with Gasteiger partial charge in [-0.15, -0.1) is 4.40 Å². The zero-order valence-electron chi connectivity index (χ0n) is 8.14. The van der Waals surface area contributed by atoms with Crippen molar-refractivity contribution < 1.29 is 8.42 Å². The Morgan fingerprint density at radius 2 is 1.93 bits per heavy atom. The molecule has 1 aliphatic heterocycles. The molecule has 1 heterocycles. The molecule has 0 amide bonds. The molecule has 1 aromatic rings. The summed E-state index contributed by atoms with van der Waals surface area (Å²) in [6, 6.07) is 6.92. The Kier molecular flexibility index (Phi) is 2.24. The van der Waals surface area contributed by atoms with E-state index in [0.717, 1.165) is 11.1 Å². The molecule has 0 saturated carbocycles. The summed E-state index contributed by atoms with van der Waals surface area (Å²) >= 11 is 0. The quantitative estimate of drug-likeness (QED) is 0.718. The number of hydrogen-bond donors (Lipinski definition) is 2. The van der Waals surface area contributed by atoms with Gasteiger partial charge in [-0.2, -0.15) is 13.1 Å². The first-order chi connectivity index (χ1) is 6.98. The summed E-state index contributed by atoms with van der Waals surface area (Å²) in [5.41, 5.74) is 7.43. The molecule has 0 unspecified atom stereocenters. The Morgan fingerprint density at radius 3 is 2.40 bits per heavy atom. The van der Waals surface area contributed by atoms with Gasteiger partial charge in [-0.05, 0) is 12.5 Å². The van der Waals surface area contributed by atoms with Crippen LogP contribution in [0.4, 0.5) is 0 Å². The summed E-state index contributed by atoms with van der Waals surface area (Å²) in [4.78, 5) is 0. The van der Waals surface area contributed by atoms with Crippen LogP contribution in [0.15, 0.2) is 28.7 Å². The number of rotatable bonds is 1. The maximum Gasteiger partial charge on any atom is 0.322 e. The van der Waals surface area contributed by atoms with E-state index in [0.29, 0.717) is 0 Å². The molecule has 2 rings (SSSR count). The van der Waals surface area contributed by atoms with Crippen molar-refractivity contribution in [3.63, 3.8) is 0 Å². The molecule has 80 valence electrons. The van der Waals surface area contributed by atoms with E-state index in [2.05, 4.69) is 9.12 Å². The van der Waals surface area contributed by atoms with Crippen molar-refractivity contribution in [2.45, 2.75) is 13.0 Å². The number of benzene rings is 1. The van der Waals surface area contributed by atoms with Gasteiger partial charge in [-0.25, -0.2) is 0 Å². The van der Waals surface area contributed by atoms with Gasteiger partial charge in [0.15, 0.2) is 0 Å².